The number of fused-ring (bicyclic) bond motifs is 2. The summed E-state index contributed by atoms with van der Waals surface area (Å²) in [5.41, 5.74) is 0.266. The Morgan fingerprint density at radius 1 is 1.07 bits per heavy atom. The molecule has 2 aromatic heterocycles. The minimum Gasteiger partial charge on any atom is -0.481 e. The molecule has 17 heteroatoms. The van der Waals surface area contributed by atoms with Gasteiger partial charge < -0.3 is 9.84 Å². The van der Waals surface area contributed by atoms with Gasteiger partial charge in [-0.2, -0.15) is 4.68 Å². The maximum atomic E-state index is 14.2. The molecule has 0 atom stereocenters. The zero-order valence-corrected chi connectivity index (χ0v) is 28.0. The van der Waals surface area contributed by atoms with Crippen molar-refractivity contribution in [3.8, 4) is 23.8 Å². The Balaban J connectivity index is 0.000000182. The molecular formula is C29H26Cl3FN6O5S2. The van der Waals surface area contributed by atoms with Crippen molar-refractivity contribution in [3.63, 3.8) is 0 Å². The number of benzene rings is 2. The van der Waals surface area contributed by atoms with Crippen LogP contribution in [0.15, 0.2) is 43.7 Å². The fourth-order valence-electron chi connectivity index (χ4n) is 4.84. The molecule has 4 heterocycles. The first-order valence-electron chi connectivity index (χ1n) is 14.0. The highest BCUT2D eigenvalue weighted by atomic mass is 35.5. The summed E-state index contributed by atoms with van der Waals surface area (Å²) in [6.45, 7) is 2.05. The normalized spacial score (nSPS) is 14.1. The lowest BCUT2D eigenvalue weighted by atomic mass is 10.2. The van der Waals surface area contributed by atoms with E-state index in [0.29, 0.717) is 50.8 Å². The zero-order valence-electron chi connectivity index (χ0n) is 24.0. The average molecular weight is 728 g/mol. The van der Waals surface area contributed by atoms with E-state index >= 15 is 0 Å². The fourth-order valence-corrected chi connectivity index (χ4v) is 7.23. The lowest BCUT2D eigenvalue weighted by Gasteiger charge is -2.15. The highest BCUT2D eigenvalue weighted by Crippen LogP contribution is 2.34. The van der Waals surface area contributed by atoms with Crippen LogP contribution in [0.1, 0.15) is 31.5 Å². The molecule has 0 fully saturated rings. The minimum absolute atomic E-state index is 0.0370. The van der Waals surface area contributed by atoms with Gasteiger partial charge in [0.25, 0.3) is 0 Å². The van der Waals surface area contributed by atoms with Crippen LogP contribution in [0.3, 0.4) is 0 Å². The molecule has 0 bridgehead atoms. The smallest absolute Gasteiger partial charge is 0.350 e. The number of hydrogen-bond donors (Lipinski definition) is 1. The van der Waals surface area contributed by atoms with Gasteiger partial charge in [-0.25, -0.2) is 18.9 Å². The van der Waals surface area contributed by atoms with Gasteiger partial charge in [-0.15, -0.1) is 23.3 Å². The third kappa shape index (κ3) is 7.56. The van der Waals surface area contributed by atoms with Gasteiger partial charge in [0.1, 0.15) is 29.7 Å². The molecule has 0 unspecified atom stereocenters. The predicted octanol–water partition coefficient (Wildman–Crippen LogP) is 5.40. The molecule has 0 radical (unpaired) electrons. The summed E-state index contributed by atoms with van der Waals surface area (Å²) in [6, 6.07) is 5.63. The molecule has 2 aromatic carbocycles. The summed E-state index contributed by atoms with van der Waals surface area (Å²) >= 11 is 20.2. The monoisotopic (exact) mass is 726 g/mol. The quantitative estimate of drug-likeness (QED) is 0.200. The first-order chi connectivity index (χ1) is 22.1. The van der Waals surface area contributed by atoms with Crippen LogP contribution in [-0.2, 0) is 30.8 Å². The molecule has 4 aromatic rings. The number of carboxylic acid groups (broad SMARTS) is 1. The second kappa shape index (κ2) is 15.0. The second-order valence-electron chi connectivity index (χ2n) is 10.1. The predicted molar refractivity (Wildman–Crippen MR) is 176 cm³/mol. The van der Waals surface area contributed by atoms with Crippen molar-refractivity contribution in [1.29, 1.82) is 0 Å². The number of ether oxygens (including phenoxy) is 1. The van der Waals surface area contributed by atoms with Crippen LogP contribution in [0, 0.1) is 18.2 Å². The lowest BCUT2D eigenvalue weighted by Crippen LogP contribution is -2.31. The van der Waals surface area contributed by atoms with E-state index in [1.165, 1.54) is 16.8 Å². The van der Waals surface area contributed by atoms with Gasteiger partial charge in [-0.05, 0) is 55.2 Å². The molecular weight excluding hydrogens is 702 g/mol. The van der Waals surface area contributed by atoms with Crippen LogP contribution in [-0.4, -0.2) is 47.1 Å². The number of rotatable bonds is 7. The lowest BCUT2D eigenvalue weighted by molar-refractivity contribution is -0.133. The Morgan fingerprint density at radius 3 is 2.52 bits per heavy atom. The highest BCUT2D eigenvalue weighted by molar-refractivity contribution is 8.00. The van der Waals surface area contributed by atoms with Gasteiger partial charge >= 0.3 is 16.5 Å². The van der Waals surface area contributed by atoms with Gasteiger partial charge in [0, 0.05) is 37.0 Å². The van der Waals surface area contributed by atoms with Crippen LogP contribution < -0.4 is 20.1 Å². The van der Waals surface area contributed by atoms with Crippen molar-refractivity contribution < 1.29 is 19.0 Å². The first-order valence-corrected chi connectivity index (χ1v) is 16.9. The number of nitrogens with zero attached hydrogens (tertiary/aromatic N) is 6. The summed E-state index contributed by atoms with van der Waals surface area (Å²) < 4.78 is 25.9. The number of thioether (sulfide) groups is 1. The average Bonchev–Trinajstić information content (AvgIpc) is 3.53. The molecule has 0 saturated heterocycles. The number of aromatic nitrogens is 5. The number of carbonyl (C=O) groups is 1. The summed E-state index contributed by atoms with van der Waals surface area (Å²) in [6.07, 6.45) is 9.84. The standard InChI is InChI=1S/C15H13Cl2N3O2.C14H13ClFN3O3S2/c1-2-7-22-13-9-12(10(16)8-11(13)17)20-15(21)19-6-4-3-5-14(19)18-20;15-8-5-9(16)10(6-11(8)23-7-12(20)21)17-13-18-3-1-2-4-19(18)14(22)24-13/h1,8-9H,3-7H2;5-6H,1-4,7H2,(H,20,21). The van der Waals surface area contributed by atoms with Gasteiger partial charge in [-0.3, -0.25) is 18.8 Å². The van der Waals surface area contributed by atoms with Crippen LogP contribution in [0.25, 0.3) is 5.69 Å². The molecule has 0 spiro atoms. The Labute approximate surface area is 284 Å². The number of terminal acetylenes is 1. The molecule has 1 N–H and O–H groups in total. The summed E-state index contributed by atoms with van der Waals surface area (Å²) in [5, 5.41) is 13.9. The largest absolute Gasteiger partial charge is 0.481 e. The maximum absolute atomic E-state index is 14.2. The van der Waals surface area contributed by atoms with Crippen molar-refractivity contribution in [3.05, 3.63) is 75.9 Å². The van der Waals surface area contributed by atoms with E-state index in [4.69, 9.17) is 51.1 Å². The van der Waals surface area contributed by atoms with E-state index in [1.54, 1.807) is 20.0 Å². The molecule has 2 aliphatic heterocycles. The molecule has 46 heavy (non-hydrogen) atoms. The summed E-state index contributed by atoms with van der Waals surface area (Å²) in [4.78, 5) is 40.1. The number of aliphatic carboxylic acids is 1. The molecule has 0 aliphatic carbocycles. The molecule has 242 valence electrons. The maximum Gasteiger partial charge on any atom is 0.350 e. The fraction of sp³-hybridized carbons (Fsp3) is 0.345. The van der Waals surface area contributed by atoms with Gasteiger partial charge in [0.15, 0.2) is 0 Å². The van der Waals surface area contributed by atoms with Crippen LogP contribution in [0.4, 0.5) is 10.1 Å². The van der Waals surface area contributed by atoms with Crippen LogP contribution >= 0.6 is 57.9 Å². The molecule has 0 saturated carbocycles. The van der Waals surface area contributed by atoms with E-state index in [9.17, 15) is 18.8 Å². The topological polar surface area (TPSA) is 126 Å². The van der Waals surface area contributed by atoms with E-state index in [-0.39, 0.29) is 33.6 Å². The molecule has 2 aliphatic rings. The Kier molecular flexibility index (Phi) is 11.0. The van der Waals surface area contributed by atoms with E-state index in [2.05, 4.69) is 16.0 Å². The Bertz CT molecular complexity index is 2030. The zero-order chi connectivity index (χ0) is 33.0. The van der Waals surface area contributed by atoms with Crippen molar-refractivity contribution in [2.75, 3.05) is 12.4 Å². The summed E-state index contributed by atoms with van der Waals surface area (Å²) in [7, 11) is 0. The molecule has 0 amide bonds. The second-order valence-corrected chi connectivity index (χ2v) is 13.2. The van der Waals surface area contributed by atoms with Crippen LogP contribution in [0.5, 0.6) is 5.75 Å². The van der Waals surface area contributed by atoms with Gasteiger partial charge in [0.05, 0.1) is 26.5 Å². The number of aryl methyl sites for hydroxylation is 1. The number of halogens is 4. The Hall–Kier alpha value is -3.48. The first kappa shape index (κ1) is 33.9. The van der Waals surface area contributed by atoms with Gasteiger partial charge in [-0.1, -0.05) is 40.7 Å². The van der Waals surface area contributed by atoms with Crippen LogP contribution in [0.2, 0.25) is 15.1 Å². The van der Waals surface area contributed by atoms with Gasteiger partial charge in [0.2, 0.25) is 4.80 Å². The van der Waals surface area contributed by atoms with Crippen molar-refractivity contribution in [2.45, 2.75) is 56.6 Å². The van der Waals surface area contributed by atoms with E-state index < -0.39 is 11.8 Å². The SMILES string of the molecule is C#CCOc1cc(-n2nc3n(c2=O)CCCC3)c(Cl)cc1Cl.O=C(O)CSc1cc(N=c2sc(=O)n3n2CCCC3)c(F)cc1Cl. The van der Waals surface area contributed by atoms with Crippen molar-refractivity contribution >= 4 is 69.6 Å². The van der Waals surface area contributed by atoms with Crippen molar-refractivity contribution in [2.24, 2.45) is 4.99 Å². The summed E-state index contributed by atoms with van der Waals surface area (Å²) in [5.74, 6) is 1.72. The number of hydrogen-bond acceptors (Lipinski definition) is 8. The third-order valence-electron chi connectivity index (χ3n) is 6.97. The third-order valence-corrected chi connectivity index (χ3v) is 9.90. The number of carboxylic acids is 1. The molecule has 6 rings (SSSR count). The van der Waals surface area contributed by atoms with E-state index in [1.807, 2.05) is 0 Å². The molecule has 11 nitrogen and oxygen atoms in total. The van der Waals surface area contributed by atoms with Crippen molar-refractivity contribution in [1.82, 2.24) is 23.7 Å². The minimum atomic E-state index is -0.992. The highest BCUT2D eigenvalue weighted by Gasteiger charge is 2.20. The Morgan fingerprint density at radius 2 is 1.80 bits per heavy atom. The van der Waals surface area contributed by atoms with E-state index in [0.717, 1.165) is 67.1 Å².